The van der Waals surface area contributed by atoms with Crippen LogP contribution in [0.2, 0.25) is 0 Å². The molecule has 5 N–H and O–H groups in total. The number of rotatable bonds is 3. The van der Waals surface area contributed by atoms with Crippen molar-refractivity contribution in [1.29, 1.82) is 0 Å². The number of benzene rings is 1. The van der Waals surface area contributed by atoms with Crippen molar-refractivity contribution in [2.75, 3.05) is 5.32 Å². The Kier molecular flexibility index (Phi) is 3.69. The van der Waals surface area contributed by atoms with E-state index in [1.807, 2.05) is 32.0 Å². The molecule has 1 amide bonds. The van der Waals surface area contributed by atoms with Crippen LogP contribution in [0.3, 0.4) is 0 Å². The van der Waals surface area contributed by atoms with Gasteiger partial charge in [0, 0.05) is 5.56 Å². The van der Waals surface area contributed by atoms with E-state index in [0.717, 1.165) is 11.1 Å². The van der Waals surface area contributed by atoms with Crippen molar-refractivity contribution in [2.24, 2.45) is 10.9 Å². The van der Waals surface area contributed by atoms with Gasteiger partial charge in [-0.2, -0.15) is 5.10 Å². The lowest BCUT2D eigenvalue weighted by Gasteiger charge is -2.10. The third kappa shape index (κ3) is 2.46. The maximum absolute atomic E-state index is 12.3. The molecule has 104 valence electrons. The van der Waals surface area contributed by atoms with Crippen LogP contribution < -0.4 is 11.1 Å². The fraction of sp³-hybridized carbons (Fsp3) is 0.154. The molecule has 0 unspecified atom stereocenters. The Labute approximate surface area is 115 Å². The first-order chi connectivity index (χ1) is 9.54. The van der Waals surface area contributed by atoms with Crippen LogP contribution in [-0.4, -0.2) is 27.1 Å². The Balaban J connectivity index is 2.32. The van der Waals surface area contributed by atoms with Crippen LogP contribution in [0.5, 0.6) is 0 Å². The normalized spacial score (nSPS) is 11.4. The number of oxime groups is 1. The standard InChI is InChI=1S/C13H15N5O2/c1-7-4-3-5-8(2)10(7)13(19)16-12-9(6-15-17-12)11(14)18-20/h3-6,20H,1-2H3,(H2,14,18)(H2,15,16,17,19). The van der Waals surface area contributed by atoms with Gasteiger partial charge in [0.2, 0.25) is 0 Å². The molecule has 0 bridgehead atoms. The highest BCUT2D eigenvalue weighted by Crippen LogP contribution is 2.17. The summed E-state index contributed by atoms with van der Waals surface area (Å²) in [5.74, 6) is -0.125. The number of carbonyl (C=O) groups excluding carboxylic acids is 1. The monoisotopic (exact) mass is 273 g/mol. The lowest BCUT2D eigenvalue weighted by atomic mass is 10.0. The van der Waals surface area contributed by atoms with Crippen molar-refractivity contribution in [1.82, 2.24) is 10.2 Å². The second-order valence-corrected chi connectivity index (χ2v) is 4.36. The van der Waals surface area contributed by atoms with Crippen molar-refractivity contribution in [2.45, 2.75) is 13.8 Å². The van der Waals surface area contributed by atoms with Gasteiger partial charge in [-0.05, 0) is 25.0 Å². The second kappa shape index (κ2) is 5.43. The first kappa shape index (κ1) is 13.6. The number of nitrogens with two attached hydrogens (primary N) is 1. The molecule has 0 fully saturated rings. The Hall–Kier alpha value is -2.83. The zero-order valence-electron chi connectivity index (χ0n) is 11.1. The molecule has 0 aliphatic heterocycles. The number of carbonyl (C=O) groups is 1. The summed E-state index contributed by atoms with van der Waals surface area (Å²) in [6, 6.07) is 5.61. The van der Waals surface area contributed by atoms with E-state index in [1.165, 1.54) is 6.20 Å². The molecule has 0 radical (unpaired) electrons. The predicted octanol–water partition coefficient (Wildman–Crippen LogP) is 1.37. The number of amidine groups is 1. The molecule has 0 saturated heterocycles. The molecule has 2 rings (SSSR count). The van der Waals surface area contributed by atoms with Gasteiger partial charge in [-0.15, -0.1) is 0 Å². The van der Waals surface area contributed by atoms with Gasteiger partial charge in [-0.3, -0.25) is 9.89 Å². The lowest BCUT2D eigenvalue weighted by Crippen LogP contribution is -2.19. The third-order valence-electron chi connectivity index (χ3n) is 2.97. The first-order valence-corrected chi connectivity index (χ1v) is 5.93. The Morgan fingerprint density at radius 2 is 2.05 bits per heavy atom. The molecular formula is C13H15N5O2. The van der Waals surface area contributed by atoms with E-state index in [0.29, 0.717) is 11.1 Å². The molecule has 0 spiro atoms. The fourth-order valence-electron chi connectivity index (χ4n) is 1.98. The van der Waals surface area contributed by atoms with Crippen molar-refractivity contribution < 1.29 is 10.0 Å². The molecule has 1 aromatic carbocycles. The maximum Gasteiger partial charge on any atom is 0.257 e. The van der Waals surface area contributed by atoms with Crippen LogP contribution in [0, 0.1) is 13.8 Å². The van der Waals surface area contributed by atoms with Gasteiger partial charge in [-0.25, -0.2) is 0 Å². The fourth-order valence-corrected chi connectivity index (χ4v) is 1.98. The number of aromatic amines is 1. The molecule has 0 aliphatic rings. The molecular weight excluding hydrogens is 258 g/mol. The Morgan fingerprint density at radius 1 is 1.40 bits per heavy atom. The number of amides is 1. The van der Waals surface area contributed by atoms with E-state index >= 15 is 0 Å². The molecule has 7 nitrogen and oxygen atoms in total. The molecule has 0 aliphatic carbocycles. The quantitative estimate of drug-likeness (QED) is 0.292. The average molecular weight is 273 g/mol. The number of nitrogens with one attached hydrogen (secondary N) is 2. The molecule has 20 heavy (non-hydrogen) atoms. The van der Waals surface area contributed by atoms with Crippen LogP contribution >= 0.6 is 0 Å². The van der Waals surface area contributed by atoms with Crippen molar-refractivity contribution in [3.8, 4) is 0 Å². The van der Waals surface area contributed by atoms with Crippen LogP contribution in [0.4, 0.5) is 5.82 Å². The summed E-state index contributed by atoms with van der Waals surface area (Å²) < 4.78 is 0. The van der Waals surface area contributed by atoms with Crippen LogP contribution in [0.15, 0.2) is 29.6 Å². The summed E-state index contributed by atoms with van der Waals surface area (Å²) in [6.45, 7) is 3.72. The van der Waals surface area contributed by atoms with E-state index in [4.69, 9.17) is 10.9 Å². The summed E-state index contributed by atoms with van der Waals surface area (Å²) in [5, 5.41) is 20.6. The Morgan fingerprint density at radius 3 is 2.65 bits per heavy atom. The number of nitrogens with zero attached hydrogens (tertiary/aromatic N) is 2. The highest BCUT2D eigenvalue weighted by Gasteiger charge is 2.16. The molecule has 1 aromatic heterocycles. The molecule has 7 heteroatoms. The van der Waals surface area contributed by atoms with E-state index in [-0.39, 0.29) is 17.6 Å². The van der Waals surface area contributed by atoms with Crippen LogP contribution in [-0.2, 0) is 0 Å². The minimum absolute atomic E-state index is 0.129. The highest BCUT2D eigenvalue weighted by atomic mass is 16.4. The molecule has 2 aromatic rings. The molecule has 1 heterocycles. The minimum Gasteiger partial charge on any atom is -0.409 e. The molecule has 0 atom stereocenters. The summed E-state index contributed by atoms with van der Waals surface area (Å²) >= 11 is 0. The summed E-state index contributed by atoms with van der Waals surface area (Å²) in [6.07, 6.45) is 1.37. The lowest BCUT2D eigenvalue weighted by molar-refractivity contribution is 0.102. The number of H-pyrrole nitrogens is 1. The average Bonchev–Trinajstić information content (AvgIpc) is 2.85. The number of hydrogen-bond acceptors (Lipinski definition) is 4. The second-order valence-electron chi connectivity index (χ2n) is 4.36. The summed E-state index contributed by atoms with van der Waals surface area (Å²) in [5.41, 5.74) is 8.15. The van der Waals surface area contributed by atoms with Gasteiger partial charge in [-0.1, -0.05) is 23.4 Å². The summed E-state index contributed by atoms with van der Waals surface area (Å²) in [7, 11) is 0. The topological polar surface area (TPSA) is 116 Å². The van der Waals surface area contributed by atoms with Gasteiger partial charge >= 0.3 is 0 Å². The number of anilines is 1. The largest absolute Gasteiger partial charge is 0.409 e. The number of hydrogen-bond donors (Lipinski definition) is 4. The SMILES string of the molecule is Cc1cccc(C)c1C(=O)Nc1[nH]ncc1/C(N)=N/O. The minimum atomic E-state index is -0.281. The highest BCUT2D eigenvalue weighted by molar-refractivity contribution is 6.10. The molecule has 0 saturated carbocycles. The van der Waals surface area contributed by atoms with Crippen molar-refractivity contribution >= 4 is 17.6 Å². The smallest absolute Gasteiger partial charge is 0.257 e. The van der Waals surface area contributed by atoms with Crippen LogP contribution in [0.1, 0.15) is 27.0 Å². The maximum atomic E-state index is 12.3. The first-order valence-electron chi connectivity index (χ1n) is 5.93. The summed E-state index contributed by atoms with van der Waals surface area (Å²) in [4.78, 5) is 12.3. The van der Waals surface area contributed by atoms with Gasteiger partial charge in [0.15, 0.2) is 5.84 Å². The zero-order chi connectivity index (χ0) is 14.7. The van der Waals surface area contributed by atoms with Gasteiger partial charge in [0.25, 0.3) is 5.91 Å². The predicted molar refractivity (Wildman–Crippen MR) is 75.0 cm³/mol. The van der Waals surface area contributed by atoms with E-state index < -0.39 is 0 Å². The Bertz CT molecular complexity index is 655. The van der Waals surface area contributed by atoms with E-state index in [1.54, 1.807) is 0 Å². The zero-order valence-corrected chi connectivity index (χ0v) is 11.1. The van der Waals surface area contributed by atoms with Crippen molar-refractivity contribution in [3.63, 3.8) is 0 Å². The van der Waals surface area contributed by atoms with E-state index in [9.17, 15) is 4.79 Å². The third-order valence-corrected chi connectivity index (χ3v) is 2.97. The van der Waals surface area contributed by atoms with Gasteiger partial charge < -0.3 is 16.3 Å². The van der Waals surface area contributed by atoms with Crippen LogP contribution in [0.25, 0.3) is 0 Å². The number of aromatic nitrogens is 2. The van der Waals surface area contributed by atoms with Gasteiger partial charge in [0.05, 0.1) is 11.8 Å². The van der Waals surface area contributed by atoms with Gasteiger partial charge in [0.1, 0.15) is 5.82 Å². The van der Waals surface area contributed by atoms with E-state index in [2.05, 4.69) is 20.7 Å². The number of aryl methyl sites for hydroxylation is 2. The van der Waals surface area contributed by atoms with Crippen molar-refractivity contribution in [3.05, 3.63) is 46.6 Å².